The van der Waals surface area contributed by atoms with Crippen LogP contribution in [-0.2, 0) is 29.0 Å². The maximum absolute atomic E-state index is 12.5. The Morgan fingerprint density at radius 1 is 1.00 bits per heavy atom. The van der Waals surface area contributed by atoms with Crippen molar-refractivity contribution in [1.82, 2.24) is 14.8 Å². The number of rotatable bonds is 9. The van der Waals surface area contributed by atoms with Gasteiger partial charge in [0.1, 0.15) is 5.82 Å². The predicted molar refractivity (Wildman–Crippen MR) is 125 cm³/mol. The Kier molecular flexibility index (Phi) is 8.08. The Hall–Kier alpha value is -2.84. The normalized spacial score (nSPS) is 10.7. The first-order chi connectivity index (χ1) is 15.0. The van der Waals surface area contributed by atoms with Crippen LogP contribution < -0.4 is 10.6 Å². The van der Waals surface area contributed by atoms with E-state index < -0.39 is 0 Å². The second kappa shape index (κ2) is 11.0. The quantitative estimate of drug-likeness (QED) is 0.464. The number of carbonyl (C=O) groups is 2. The van der Waals surface area contributed by atoms with Crippen LogP contribution in [0.3, 0.4) is 0 Å². The van der Waals surface area contributed by atoms with Crippen LogP contribution in [0.15, 0.2) is 53.7 Å². The summed E-state index contributed by atoms with van der Waals surface area (Å²) >= 11 is 7.14. The van der Waals surface area contributed by atoms with Crippen LogP contribution in [0.2, 0.25) is 5.02 Å². The van der Waals surface area contributed by atoms with Crippen LogP contribution in [0.1, 0.15) is 25.2 Å². The van der Waals surface area contributed by atoms with E-state index in [1.54, 1.807) is 24.3 Å². The van der Waals surface area contributed by atoms with Crippen molar-refractivity contribution in [2.75, 3.05) is 16.4 Å². The van der Waals surface area contributed by atoms with Crippen molar-refractivity contribution < 1.29 is 9.59 Å². The monoisotopic (exact) mass is 457 g/mol. The smallest absolute Gasteiger partial charge is 0.234 e. The van der Waals surface area contributed by atoms with E-state index in [0.717, 1.165) is 17.7 Å². The molecule has 2 N–H and O–H groups in total. The molecule has 2 aromatic carbocycles. The molecule has 9 heteroatoms. The first kappa shape index (κ1) is 22.8. The minimum absolute atomic E-state index is 0.108. The molecular weight excluding hydrogens is 434 g/mol. The molecule has 0 aliphatic heterocycles. The molecule has 0 radical (unpaired) electrons. The number of hydrogen-bond donors (Lipinski definition) is 2. The molecule has 0 saturated carbocycles. The maximum atomic E-state index is 12.5. The van der Waals surface area contributed by atoms with Crippen LogP contribution in [0.5, 0.6) is 0 Å². The molecule has 0 bridgehead atoms. The van der Waals surface area contributed by atoms with E-state index in [9.17, 15) is 9.59 Å². The van der Waals surface area contributed by atoms with Crippen LogP contribution in [0, 0.1) is 0 Å². The molecule has 0 atom stereocenters. The standard InChI is InChI=1S/C22H24ClN5O2S/c1-3-15-7-5-6-8-18(15)25-20(29)13-19-26-27-22(28(19)4-2)31-14-21(30)24-17-11-9-16(23)10-12-17/h5-12H,3-4,13-14H2,1-2H3,(H,24,30)(H,25,29). The van der Waals surface area contributed by atoms with Crippen molar-refractivity contribution in [2.24, 2.45) is 0 Å². The van der Waals surface area contributed by atoms with Crippen LogP contribution in [0.4, 0.5) is 11.4 Å². The van der Waals surface area contributed by atoms with Gasteiger partial charge >= 0.3 is 0 Å². The molecule has 0 fully saturated rings. The SMILES string of the molecule is CCc1ccccc1NC(=O)Cc1nnc(SCC(=O)Nc2ccc(Cl)cc2)n1CC. The van der Waals surface area contributed by atoms with E-state index in [1.807, 2.05) is 42.7 Å². The Balaban J connectivity index is 1.59. The van der Waals surface area contributed by atoms with Crippen molar-refractivity contribution in [1.29, 1.82) is 0 Å². The lowest BCUT2D eigenvalue weighted by Crippen LogP contribution is -2.18. The van der Waals surface area contributed by atoms with Gasteiger partial charge in [0.15, 0.2) is 5.16 Å². The fraction of sp³-hybridized carbons (Fsp3) is 0.273. The van der Waals surface area contributed by atoms with E-state index >= 15 is 0 Å². The molecular formula is C22H24ClN5O2S. The van der Waals surface area contributed by atoms with E-state index in [-0.39, 0.29) is 24.0 Å². The summed E-state index contributed by atoms with van der Waals surface area (Å²) in [5.41, 5.74) is 2.57. The number of para-hydroxylation sites is 1. The summed E-state index contributed by atoms with van der Waals surface area (Å²) in [5.74, 6) is 0.430. The molecule has 0 aliphatic carbocycles. The first-order valence-corrected chi connectivity index (χ1v) is 11.3. The molecule has 0 saturated heterocycles. The number of carbonyl (C=O) groups excluding carboxylic acids is 2. The largest absolute Gasteiger partial charge is 0.325 e. The van der Waals surface area contributed by atoms with Gasteiger partial charge in [-0.3, -0.25) is 9.59 Å². The maximum Gasteiger partial charge on any atom is 0.234 e. The topological polar surface area (TPSA) is 88.9 Å². The summed E-state index contributed by atoms with van der Waals surface area (Å²) in [6.07, 6.45) is 0.941. The zero-order valence-corrected chi connectivity index (χ0v) is 19.0. The molecule has 0 unspecified atom stereocenters. The van der Waals surface area contributed by atoms with Gasteiger partial charge in [0.25, 0.3) is 0 Å². The number of benzene rings is 2. The van der Waals surface area contributed by atoms with Gasteiger partial charge in [-0.25, -0.2) is 0 Å². The highest BCUT2D eigenvalue weighted by Crippen LogP contribution is 2.20. The van der Waals surface area contributed by atoms with Gasteiger partial charge in [-0.05, 0) is 49.2 Å². The molecule has 31 heavy (non-hydrogen) atoms. The second-order valence-electron chi connectivity index (χ2n) is 6.72. The number of nitrogens with zero attached hydrogens (tertiary/aromatic N) is 3. The van der Waals surface area contributed by atoms with Gasteiger partial charge in [0.05, 0.1) is 12.2 Å². The van der Waals surface area contributed by atoms with Crippen LogP contribution in [-0.4, -0.2) is 32.3 Å². The van der Waals surface area contributed by atoms with Crippen LogP contribution in [0.25, 0.3) is 0 Å². The third-order valence-corrected chi connectivity index (χ3v) is 5.78. The number of aryl methyl sites for hydroxylation is 1. The molecule has 1 aromatic heterocycles. The molecule has 0 spiro atoms. The molecule has 0 aliphatic rings. The third kappa shape index (κ3) is 6.32. The fourth-order valence-corrected chi connectivity index (χ4v) is 3.97. The summed E-state index contributed by atoms with van der Waals surface area (Å²) in [6.45, 7) is 4.60. The molecule has 3 aromatic rings. The van der Waals surface area contributed by atoms with Crippen molar-refractivity contribution in [3.05, 3.63) is 64.9 Å². The number of amides is 2. The van der Waals surface area contributed by atoms with E-state index in [0.29, 0.717) is 28.2 Å². The van der Waals surface area contributed by atoms with Crippen molar-refractivity contribution in [3.8, 4) is 0 Å². The average molecular weight is 458 g/mol. The van der Waals surface area contributed by atoms with Crippen LogP contribution >= 0.6 is 23.4 Å². The second-order valence-corrected chi connectivity index (χ2v) is 8.10. The van der Waals surface area contributed by atoms with Crippen molar-refractivity contribution in [3.63, 3.8) is 0 Å². The number of aromatic nitrogens is 3. The fourth-order valence-electron chi connectivity index (χ4n) is 3.02. The summed E-state index contributed by atoms with van der Waals surface area (Å²) in [4.78, 5) is 24.8. The van der Waals surface area contributed by atoms with Gasteiger partial charge in [-0.15, -0.1) is 10.2 Å². The Morgan fingerprint density at radius 2 is 1.74 bits per heavy atom. The van der Waals surface area contributed by atoms with E-state index in [4.69, 9.17) is 11.6 Å². The van der Waals surface area contributed by atoms with Gasteiger partial charge < -0.3 is 15.2 Å². The predicted octanol–water partition coefficient (Wildman–Crippen LogP) is 4.43. The van der Waals surface area contributed by atoms with Crippen molar-refractivity contribution >= 4 is 46.6 Å². The van der Waals surface area contributed by atoms with Gasteiger partial charge in [-0.2, -0.15) is 0 Å². The number of halogens is 1. The Bertz CT molecular complexity index is 1050. The average Bonchev–Trinajstić information content (AvgIpc) is 3.15. The number of hydrogen-bond acceptors (Lipinski definition) is 5. The minimum Gasteiger partial charge on any atom is -0.325 e. The zero-order chi connectivity index (χ0) is 22.2. The molecule has 2 amide bonds. The Morgan fingerprint density at radius 3 is 2.45 bits per heavy atom. The number of nitrogens with one attached hydrogen (secondary N) is 2. The number of anilines is 2. The van der Waals surface area contributed by atoms with Gasteiger partial charge in [-0.1, -0.05) is 48.5 Å². The minimum atomic E-state index is -0.159. The van der Waals surface area contributed by atoms with Gasteiger partial charge in [0, 0.05) is 22.9 Å². The van der Waals surface area contributed by atoms with E-state index in [2.05, 4.69) is 20.8 Å². The lowest BCUT2D eigenvalue weighted by atomic mass is 10.1. The molecule has 3 rings (SSSR count). The highest BCUT2D eigenvalue weighted by Gasteiger charge is 2.16. The highest BCUT2D eigenvalue weighted by atomic mass is 35.5. The highest BCUT2D eigenvalue weighted by molar-refractivity contribution is 7.99. The molecule has 1 heterocycles. The lowest BCUT2D eigenvalue weighted by molar-refractivity contribution is -0.116. The van der Waals surface area contributed by atoms with E-state index in [1.165, 1.54) is 11.8 Å². The van der Waals surface area contributed by atoms with Gasteiger partial charge in [0.2, 0.25) is 11.8 Å². The summed E-state index contributed by atoms with van der Waals surface area (Å²) in [7, 11) is 0. The molecule has 7 nitrogen and oxygen atoms in total. The lowest BCUT2D eigenvalue weighted by Gasteiger charge is -2.10. The van der Waals surface area contributed by atoms with Crippen molar-refractivity contribution in [2.45, 2.75) is 38.4 Å². The third-order valence-electron chi connectivity index (χ3n) is 4.56. The summed E-state index contributed by atoms with van der Waals surface area (Å²) < 4.78 is 1.85. The number of thioether (sulfide) groups is 1. The molecule has 162 valence electrons. The zero-order valence-electron chi connectivity index (χ0n) is 17.4. The Labute approximate surface area is 190 Å². The summed E-state index contributed by atoms with van der Waals surface area (Å²) in [5, 5.41) is 15.3. The summed E-state index contributed by atoms with van der Waals surface area (Å²) in [6, 6.07) is 14.7. The first-order valence-electron chi connectivity index (χ1n) is 9.98.